The Balaban J connectivity index is 1.22. The predicted molar refractivity (Wildman–Crippen MR) is 133 cm³/mol. The maximum absolute atomic E-state index is 11.8. The number of anilines is 1. The second kappa shape index (κ2) is 8.05. The van der Waals surface area contributed by atoms with Crippen LogP contribution < -0.4 is 10.2 Å². The van der Waals surface area contributed by atoms with Crippen LogP contribution in [0.1, 0.15) is 61.2 Å². The van der Waals surface area contributed by atoms with Crippen molar-refractivity contribution in [3.8, 4) is 0 Å². The molecule has 9 heteroatoms. The molecule has 1 aliphatic heterocycles. The Morgan fingerprint density at radius 1 is 1.17 bits per heavy atom. The van der Waals surface area contributed by atoms with Gasteiger partial charge < -0.3 is 15.3 Å². The molecule has 0 aromatic carbocycles. The highest BCUT2D eigenvalue weighted by atomic mass is 16.3. The average molecular weight is 478 g/mol. The Labute approximate surface area is 205 Å². The number of nitrogens with one attached hydrogen (secondary N) is 1. The summed E-state index contributed by atoms with van der Waals surface area (Å²) in [6.45, 7) is 6.55. The number of nitrogens with zero attached hydrogens (tertiary/aromatic N) is 6. The number of fused-ring (bicyclic) bond motifs is 5. The van der Waals surface area contributed by atoms with Crippen molar-refractivity contribution in [2.45, 2.75) is 77.4 Å². The minimum atomic E-state index is -0.423. The van der Waals surface area contributed by atoms with Crippen LogP contribution in [-0.4, -0.2) is 54.2 Å². The van der Waals surface area contributed by atoms with Gasteiger partial charge in [0.1, 0.15) is 6.61 Å². The third kappa shape index (κ3) is 3.71. The van der Waals surface area contributed by atoms with E-state index in [2.05, 4.69) is 38.0 Å². The molecular formula is C26H35N7O2. The first kappa shape index (κ1) is 22.5. The third-order valence-corrected chi connectivity index (χ3v) is 8.92. The molecule has 0 spiro atoms. The molecule has 35 heavy (non-hydrogen) atoms. The molecule has 186 valence electrons. The van der Waals surface area contributed by atoms with Gasteiger partial charge in [-0.25, -0.2) is 4.98 Å². The second-order valence-corrected chi connectivity index (χ2v) is 11.1. The number of aromatic nitrogens is 5. The van der Waals surface area contributed by atoms with Crippen LogP contribution >= 0.6 is 0 Å². The second-order valence-electron chi connectivity index (χ2n) is 11.1. The lowest BCUT2D eigenvalue weighted by Crippen LogP contribution is -2.57. The molecule has 9 nitrogen and oxygen atoms in total. The van der Waals surface area contributed by atoms with E-state index in [0.29, 0.717) is 0 Å². The van der Waals surface area contributed by atoms with Gasteiger partial charge in [0.05, 0.1) is 23.0 Å². The number of aliphatic hydroxyl groups is 1. The van der Waals surface area contributed by atoms with Crippen LogP contribution in [0.15, 0.2) is 12.3 Å². The number of aryl methyl sites for hydroxylation is 3. The van der Waals surface area contributed by atoms with Crippen molar-refractivity contribution >= 4 is 22.6 Å². The average Bonchev–Trinajstić information content (AvgIpc) is 3.38. The van der Waals surface area contributed by atoms with Gasteiger partial charge in [0.25, 0.3) is 0 Å². The van der Waals surface area contributed by atoms with E-state index in [1.807, 2.05) is 24.9 Å². The molecule has 0 unspecified atom stereocenters. The molecule has 3 aliphatic carbocycles. The highest BCUT2D eigenvalue weighted by Gasteiger charge is 2.49. The van der Waals surface area contributed by atoms with Crippen LogP contribution in [0.2, 0.25) is 0 Å². The van der Waals surface area contributed by atoms with E-state index in [1.165, 1.54) is 16.9 Å². The van der Waals surface area contributed by atoms with E-state index < -0.39 is 6.61 Å². The van der Waals surface area contributed by atoms with Crippen LogP contribution in [0.4, 0.5) is 5.69 Å². The number of pyridine rings is 1. The Morgan fingerprint density at radius 3 is 2.63 bits per heavy atom. The maximum Gasteiger partial charge on any atom is 0.246 e. The number of rotatable bonds is 5. The highest BCUT2D eigenvalue weighted by molar-refractivity contribution is 5.89. The third-order valence-electron chi connectivity index (χ3n) is 8.92. The Morgan fingerprint density at radius 2 is 1.91 bits per heavy atom. The quantitative estimate of drug-likeness (QED) is 0.586. The normalized spacial score (nSPS) is 25.8. The van der Waals surface area contributed by atoms with Crippen molar-refractivity contribution < 1.29 is 9.90 Å². The van der Waals surface area contributed by atoms with Gasteiger partial charge in [-0.2, -0.15) is 10.2 Å². The van der Waals surface area contributed by atoms with Crippen LogP contribution in [0.25, 0.3) is 11.0 Å². The van der Waals surface area contributed by atoms with Crippen molar-refractivity contribution in [3.63, 3.8) is 0 Å². The van der Waals surface area contributed by atoms with Gasteiger partial charge in [0.15, 0.2) is 5.65 Å². The Bertz CT molecular complexity index is 1280. The molecule has 0 atom stereocenters. The van der Waals surface area contributed by atoms with Crippen molar-refractivity contribution in [2.75, 3.05) is 18.1 Å². The van der Waals surface area contributed by atoms with Gasteiger partial charge in [0, 0.05) is 55.6 Å². The van der Waals surface area contributed by atoms with Crippen molar-refractivity contribution in [2.24, 2.45) is 12.5 Å². The molecule has 4 heterocycles. The highest BCUT2D eigenvalue weighted by Crippen LogP contribution is 2.53. The summed E-state index contributed by atoms with van der Waals surface area (Å²) in [5.74, 6) is -0.242. The minimum Gasteiger partial charge on any atom is -0.387 e. The molecule has 3 saturated carbocycles. The molecule has 7 rings (SSSR count). The number of hydrogen-bond acceptors (Lipinski definition) is 6. The van der Waals surface area contributed by atoms with Gasteiger partial charge in [-0.1, -0.05) is 0 Å². The minimum absolute atomic E-state index is 0.109. The van der Waals surface area contributed by atoms with Crippen molar-refractivity contribution in [1.29, 1.82) is 0 Å². The van der Waals surface area contributed by atoms with E-state index in [9.17, 15) is 9.90 Å². The largest absolute Gasteiger partial charge is 0.387 e. The summed E-state index contributed by atoms with van der Waals surface area (Å²) in [7, 11) is 1.95. The summed E-state index contributed by atoms with van der Waals surface area (Å²) in [5, 5.41) is 22.9. The van der Waals surface area contributed by atoms with Crippen LogP contribution in [0.5, 0.6) is 0 Å². The fraction of sp³-hybridized carbons (Fsp3) is 0.615. The van der Waals surface area contributed by atoms with E-state index in [0.717, 1.165) is 87.0 Å². The lowest BCUT2D eigenvalue weighted by Gasteiger charge is -2.53. The first-order chi connectivity index (χ1) is 16.8. The zero-order valence-electron chi connectivity index (χ0n) is 21.0. The molecule has 3 aromatic heterocycles. The molecule has 1 amide bonds. The summed E-state index contributed by atoms with van der Waals surface area (Å²) in [6.07, 6.45) is 9.21. The predicted octanol–water partition coefficient (Wildman–Crippen LogP) is 2.55. The monoisotopic (exact) mass is 477 g/mol. The summed E-state index contributed by atoms with van der Waals surface area (Å²) in [4.78, 5) is 19.0. The number of carbonyl (C=O) groups is 1. The van der Waals surface area contributed by atoms with E-state index in [-0.39, 0.29) is 16.9 Å². The van der Waals surface area contributed by atoms with E-state index >= 15 is 0 Å². The molecule has 0 radical (unpaired) electrons. The standard InChI is InChI=1S/C26H35N7O2/c1-17-12-22(19-13-27-31(3)24(19)28-17)32-11-4-21-20(14-32)18(2)30-33(21)16-25-5-8-26(9-6-25,10-7-25)29-23(35)15-34/h12-13,34H,4-11,14-16H2,1-3H3,(H,29,35). The number of hydrogen-bond donors (Lipinski definition) is 2. The Kier molecular flexibility index (Phi) is 5.18. The van der Waals surface area contributed by atoms with Gasteiger partial charge in [-0.15, -0.1) is 0 Å². The lowest BCUT2D eigenvalue weighted by atomic mass is 9.57. The topological polar surface area (TPSA) is 101 Å². The summed E-state index contributed by atoms with van der Waals surface area (Å²) in [6, 6.07) is 2.18. The van der Waals surface area contributed by atoms with E-state index in [1.54, 1.807) is 0 Å². The number of amides is 1. The smallest absolute Gasteiger partial charge is 0.246 e. The van der Waals surface area contributed by atoms with Gasteiger partial charge >= 0.3 is 0 Å². The van der Waals surface area contributed by atoms with Crippen LogP contribution in [0.3, 0.4) is 0 Å². The molecule has 0 saturated heterocycles. The van der Waals surface area contributed by atoms with Crippen LogP contribution in [-0.2, 0) is 31.4 Å². The summed E-state index contributed by atoms with van der Waals surface area (Å²) >= 11 is 0. The summed E-state index contributed by atoms with van der Waals surface area (Å²) in [5.41, 5.74) is 7.17. The molecule has 2 bridgehead atoms. The SMILES string of the molecule is Cc1cc(N2CCc3c(c(C)nn3CC34CCC(NC(=O)CO)(CC3)CC4)C2)c2cnn(C)c2n1. The van der Waals surface area contributed by atoms with E-state index in [4.69, 9.17) is 5.10 Å². The number of aliphatic hydroxyl groups excluding tert-OH is 1. The molecule has 3 aromatic rings. The van der Waals surface area contributed by atoms with Crippen molar-refractivity contribution in [1.82, 2.24) is 29.9 Å². The number of carbonyl (C=O) groups excluding carboxylic acids is 1. The fourth-order valence-corrected chi connectivity index (χ4v) is 6.82. The fourth-order valence-electron chi connectivity index (χ4n) is 6.82. The Hall–Kier alpha value is -2.94. The first-order valence-electron chi connectivity index (χ1n) is 12.8. The van der Waals surface area contributed by atoms with Crippen molar-refractivity contribution in [3.05, 3.63) is 34.9 Å². The molecular weight excluding hydrogens is 442 g/mol. The summed E-state index contributed by atoms with van der Waals surface area (Å²) < 4.78 is 4.16. The van der Waals surface area contributed by atoms with Gasteiger partial charge in [-0.05, 0) is 63.9 Å². The van der Waals surface area contributed by atoms with Gasteiger partial charge in [-0.3, -0.25) is 14.2 Å². The first-order valence-corrected chi connectivity index (χ1v) is 12.8. The molecule has 3 fully saturated rings. The lowest BCUT2D eigenvalue weighted by molar-refractivity contribution is -0.128. The molecule has 4 aliphatic rings. The zero-order chi connectivity index (χ0) is 24.4. The molecule has 2 N–H and O–H groups in total. The maximum atomic E-state index is 11.8. The van der Waals surface area contributed by atoms with Gasteiger partial charge in [0.2, 0.25) is 5.91 Å². The van der Waals surface area contributed by atoms with Crippen LogP contribution in [0, 0.1) is 19.3 Å². The zero-order valence-corrected chi connectivity index (χ0v) is 21.0.